The molecule has 0 spiro atoms. The van der Waals surface area contributed by atoms with Crippen molar-refractivity contribution in [3.8, 4) is 5.75 Å². The molecule has 1 aliphatic carbocycles. The van der Waals surface area contributed by atoms with Gasteiger partial charge in [-0.05, 0) is 43.5 Å². The number of aryl methyl sites for hydroxylation is 1. The van der Waals surface area contributed by atoms with E-state index in [4.69, 9.17) is 15.5 Å². The van der Waals surface area contributed by atoms with Crippen LogP contribution >= 0.6 is 0 Å². The van der Waals surface area contributed by atoms with Crippen LogP contribution in [-0.4, -0.2) is 42.3 Å². The van der Waals surface area contributed by atoms with Crippen LogP contribution in [0.25, 0.3) is 5.57 Å². The standard InChI is InChI=1S/C26H28N6O2/c1-4-34-21-14-17(25(33)29-3)11-13-20(21)31-26-30-15-18-10-12-19(27)22(24(18)32-26)23(28-2)16-8-6-5-7-9-16/h5-9,11,13-15H,4,10,12,27H2,1-3H3,(H,29,33)(H,30,31,32). The van der Waals surface area contributed by atoms with Gasteiger partial charge >= 0.3 is 0 Å². The third-order valence-corrected chi connectivity index (χ3v) is 5.61. The van der Waals surface area contributed by atoms with Crippen LogP contribution in [0.5, 0.6) is 5.75 Å². The number of aromatic nitrogens is 2. The number of ether oxygens (including phenoxy) is 1. The first-order valence-corrected chi connectivity index (χ1v) is 11.2. The fourth-order valence-electron chi connectivity index (χ4n) is 3.96. The van der Waals surface area contributed by atoms with Crippen LogP contribution in [0.15, 0.2) is 65.4 Å². The van der Waals surface area contributed by atoms with Crippen molar-refractivity contribution in [2.75, 3.05) is 26.0 Å². The third kappa shape index (κ3) is 4.61. The lowest BCUT2D eigenvalue weighted by molar-refractivity contribution is 0.0962. The Morgan fingerprint density at radius 1 is 1.15 bits per heavy atom. The molecule has 0 bridgehead atoms. The number of anilines is 2. The second-order valence-electron chi connectivity index (χ2n) is 7.75. The van der Waals surface area contributed by atoms with E-state index in [1.807, 2.05) is 43.5 Å². The predicted octanol–water partition coefficient (Wildman–Crippen LogP) is 3.71. The monoisotopic (exact) mass is 456 g/mol. The Morgan fingerprint density at radius 2 is 1.94 bits per heavy atom. The minimum atomic E-state index is -0.185. The summed E-state index contributed by atoms with van der Waals surface area (Å²) in [5.41, 5.74) is 12.8. The van der Waals surface area contributed by atoms with Gasteiger partial charge in [0, 0.05) is 42.7 Å². The number of hydrogen-bond acceptors (Lipinski definition) is 7. The zero-order valence-corrected chi connectivity index (χ0v) is 19.6. The van der Waals surface area contributed by atoms with E-state index in [0.717, 1.165) is 46.6 Å². The molecule has 0 unspecified atom stereocenters. The van der Waals surface area contributed by atoms with Gasteiger partial charge in [0.2, 0.25) is 5.95 Å². The van der Waals surface area contributed by atoms with Gasteiger partial charge in [0.1, 0.15) is 5.75 Å². The second-order valence-corrected chi connectivity index (χ2v) is 7.75. The maximum Gasteiger partial charge on any atom is 0.251 e. The number of rotatable bonds is 7. The Labute approximate surface area is 199 Å². The van der Waals surface area contributed by atoms with Crippen LogP contribution in [0.1, 0.15) is 40.5 Å². The highest BCUT2D eigenvalue weighted by molar-refractivity contribution is 6.32. The number of nitrogens with two attached hydrogens (primary N) is 1. The zero-order chi connectivity index (χ0) is 24.1. The smallest absolute Gasteiger partial charge is 0.251 e. The Kier molecular flexibility index (Phi) is 6.87. The summed E-state index contributed by atoms with van der Waals surface area (Å²) in [7, 11) is 3.36. The van der Waals surface area contributed by atoms with Crippen molar-refractivity contribution in [2.45, 2.75) is 19.8 Å². The number of benzene rings is 2. The van der Waals surface area contributed by atoms with E-state index < -0.39 is 0 Å². The molecule has 0 aliphatic heterocycles. The number of amides is 1. The molecule has 0 fully saturated rings. The first-order valence-electron chi connectivity index (χ1n) is 11.2. The molecule has 1 aromatic heterocycles. The molecule has 4 N–H and O–H groups in total. The number of hydrogen-bond donors (Lipinski definition) is 3. The van der Waals surface area contributed by atoms with E-state index in [1.54, 1.807) is 32.3 Å². The zero-order valence-electron chi connectivity index (χ0n) is 19.6. The van der Waals surface area contributed by atoms with Crippen LogP contribution in [0, 0.1) is 0 Å². The van der Waals surface area contributed by atoms with E-state index in [2.05, 4.69) is 20.6 Å². The van der Waals surface area contributed by atoms with Gasteiger partial charge in [0.15, 0.2) is 0 Å². The topological polar surface area (TPSA) is 115 Å². The lowest BCUT2D eigenvalue weighted by atomic mass is 9.88. The average Bonchev–Trinajstić information content (AvgIpc) is 2.87. The molecular weight excluding hydrogens is 428 g/mol. The summed E-state index contributed by atoms with van der Waals surface area (Å²) in [5, 5.41) is 5.87. The highest BCUT2D eigenvalue weighted by atomic mass is 16.5. The molecule has 0 radical (unpaired) electrons. The van der Waals surface area contributed by atoms with Gasteiger partial charge in [-0.2, -0.15) is 0 Å². The second kappa shape index (κ2) is 10.2. The molecule has 34 heavy (non-hydrogen) atoms. The summed E-state index contributed by atoms with van der Waals surface area (Å²) in [6, 6.07) is 15.2. The normalized spacial score (nSPS) is 13.3. The molecule has 174 valence electrons. The van der Waals surface area contributed by atoms with E-state index in [-0.39, 0.29) is 5.91 Å². The summed E-state index contributed by atoms with van der Waals surface area (Å²) in [6.45, 7) is 2.34. The Morgan fingerprint density at radius 3 is 2.65 bits per heavy atom. The number of aliphatic imine (C=N–C) groups is 1. The lowest BCUT2D eigenvalue weighted by Crippen LogP contribution is -2.20. The number of carbonyl (C=O) groups excluding carboxylic acids is 1. The number of carbonyl (C=O) groups is 1. The molecule has 0 saturated heterocycles. The van der Waals surface area contributed by atoms with Crippen molar-refractivity contribution in [3.63, 3.8) is 0 Å². The van der Waals surface area contributed by atoms with Gasteiger partial charge in [0.05, 0.1) is 23.7 Å². The van der Waals surface area contributed by atoms with Crippen LogP contribution in [-0.2, 0) is 6.42 Å². The molecule has 2 aromatic carbocycles. The van der Waals surface area contributed by atoms with Crippen LogP contribution < -0.4 is 21.1 Å². The summed E-state index contributed by atoms with van der Waals surface area (Å²) < 4.78 is 5.76. The SMILES string of the molecule is CCOc1cc(C(=O)NC)ccc1Nc1ncc2c(n1)C(C(=NC)c1ccccc1)=C(N)CC2. The lowest BCUT2D eigenvalue weighted by Gasteiger charge is -2.22. The quantitative estimate of drug-likeness (QED) is 0.467. The van der Waals surface area contributed by atoms with Crippen LogP contribution in [0.2, 0.25) is 0 Å². The van der Waals surface area contributed by atoms with Crippen molar-refractivity contribution in [1.82, 2.24) is 15.3 Å². The molecule has 3 aromatic rings. The molecule has 0 atom stereocenters. The van der Waals surface area contributed by atoms with Gasteiger partial charge in [-0.25, -0.2) is 9.97 Å². The van der Waals surface area contributed by atoms with Gasteiger partial charge < -0.3 is 21.1 Å². The minimum Gasteiger partial charge on any atom is -0.492 e. The van der Waals surface area contributed by atoms with Crippen molar-refractivity contribution < 1.29 is 9.53 Å². The molecule has 4 rings (SSSR count). The number of nitrogens with one attached hydrogen (secondary N) is 2. The number of fused-ring (bicyclic) bond motifs is 1. The largest absolute Gasteiger partial charge is 0.492 e. The Bertz CT molecular complexity index is 1270. The summed E-state index contributed by atoms with van der Waals surface area (Å²) in [5.74, 6) is 0.762. The first kappa shape index (κ1) is 23.0. The summed E-state index contributed by atoms with van der Waals surface area (Å²) in [4.78, 5) is 25.9. The fourth-order valence-corrected chi connectivity index (χ4v) is 3.96. The molecule has 1 aliphatic rings. The van der Waals surface area contributed by atoms with Crippen LogP contribution in [0.3, 0.4) is 0 Å². The molecule has 8 nitrogen and oxygen atoms in total. The van der Waals surface area contributed by atoms with E-state index >= 15 is 0 Å². The first-order chi connectivity index (χ1) is 16.5. The highest BCUT2D eigenvalue weighted by Gasteiger charge is 2.25. The van der Waals surface area contributed by atoms with Crippen molar-refractivity contribution in [3.05, 3.63) is 82.8 Å². The van der Waals surface area contributed by atoms with Crippen molar-refractivity contribution in [1.29, 1.82) is 0 Å². The van der Waals surface area contributed by atoms with Gasteiger partial charge in [-0.1, -0.05) is 30.3 Å². The van der Waals surface area contributed by atoms with Crippen LogP contribution in [0.4, 0.5) is 11.6 Å². The Hall–Kier alpha value is -4.20. The molecule has 1 heterocycles. The van der Waals surface area contributed by atoms with E-state index in [1.165, 1.54) is 0 Å². The van der Waals surface area contributed by atoms with Gasteiger partial charge in [0.25, 0.3) is 5.91 Å². The summed E-state index contributed by atoms with van der Waals surface area (Å²) in [6.07, 6.45) is 3.32. The highest BCUT2D eigenvalue weighted by Crippen LogP contribution is 2.33. The van der Waals surface area contributed by atoms with E-state index in [9.17, 15) is 4.79 Å². The maximum atomic E-state index is 12.0. The molecule has 0 saturated carbocycles. The minimum absolute atomic E-state index is 0.185. The third-order valence-electron chi connectivity index (χ3n) is 5.61. The fraction of sp³-hybridized carbons (Fsp3) is 0.231. The predicted molar refractivity (Wildman–Crippen MR) is 135 cm³/mol. The molecule has 1 amide bonds. The Balaban J connectivity index is 1.73. The molecular formula is C26H28N6O2. The van der Waals surface area contributed by atoms with Gasteiger partial charge in [-0.3, -0.25) is 9.79 Å². The number of allylic oxidation sites excluding steroid dienone is 2. The molecule has 8 heteroatoms. The maximum absolute atomic E-state index is 12.0. The van der Waals surface area contributed by atoms with Crippen molar-refractivity contribution >= 4 is 28.8 Å². The van der Waals surface area contributed by atoms with Gasteiger partial charge in [-0.15, -0.1) is 0 Å². The number of nitrogens with zero attached hydrogens (tertiary/aromatic N) is 3. The average molecular weight is 457 g/mol. The summed E-state index contributed by atoms with van der Waals surface area (Å²) >= 11 is 0. The van der Waals surface area contributed by atoms with Crippen molar-refractivity contribution in [2.24, 2.45) is 10.7 Å². The van der Waals surface area contributed by atoms with E-state index in [0.29, 0.717) is 29.6 Å².